The molecule has 0 aliphatic heterocycles. The van der Waals surface area contributed by atoms with Gasteiger partial charge in [-0.1, -0.05) is 42.4 Å². The van der Waals surface area contributed by atoms with Gasteiger partial charge in [0.15, 0.2) is 5.76 Å². The molecule has 1 aliphatic carbocycles. The second-order valence-corrected chi connectivity index (χ2v) is 7.49. The van der Waals surface area contributed by atoms with Crippen molar-refractivity contribution >= 4 is 17.0 Å². The van der Waals surface area contributed by atoms with E-state index in [0.717, 1.165) is 6.42 Å². The van der Waals surface area contributed by atoms with Crippen molar-refractivity contribution in [3.8, 4) is 11.5 Å². The Morgan fingerprint density at radius 1 is 1.21 bits per heavy atom. The minimum absolute atomic E-state index is 0.0450. The van der Waals surface area contributed by atoms with Crippen LogP contribution in [0.5, 0.6) is 0 Å². The van der Waals surface area contributed by atoms with E-state index < -0.39 is 0 Å². The fourth-order valence-corrected chi connectivity index (χ4v) is 3.77. The van der Waals surface area contributed by atoms with Gasteiger partial charge in [-0.15, -0.1) is 0 Å². The van der Waals surface area contributed by atoms with Crippen LogP contribution >= 0.6 is 0 Å². The van der Waals surface area contributed by atoms with Gasteiger partial charge in [0.1, 0.15) is 5.69 Å². The Kier molecular flexibility index (Phi) is 3.62. The van der Waals surface area contributed by atoms with Gasteiger partial charge in [-0.3, -0.25) is 4.79 Å². The number of hydrogen-bond donors (Lipinski definition) is 1. The normalized spacial score (nSPS) is 21.0. The lowest BCUT2D eigenvalue weighted by Crippen LogP contribution is -2.30. The molecule has 5 rings (SSSR count). The van der Waals surface area contributed by atoms with Crippen LogP contribution < -0.4 is 5.32 Å². The maximum atomic E-state index is 13.2. The Morgan fingerprint density at radius 2 is 2.04 bits per heavy atom. The van der Waals surface area contributed by atoms with E-state index in [1.165, 1.54) is 5.56 Å². The van der Waals surface area contributed by atoms with E-state index in [-0.39, 0.29) is 17.4 Å². The average molecular weight is 373 g/mol. The van der Waals surface area contributed by atoms with E-state index in [2.05, 4.69) is 34.5 Å². The number of benzene rings is 1. The van der Waals surface area contributed by atoms with Crippen LogP contribution in [0, 0.1) is 6.92 Å². The fraction of sp³-hybridized carbons (Fsp3) is 0.227. The minimum atomic E-state index is -0.156. The van der Waals surface area contributed by atoms with Crippen LogP contribution in [0.15, 0.2) is 63.7 Å². The zero-order valence-corrected chi connectivity index (χ0v) is 15.6. The van der Waals surface area contributed by atoms with E-state index >= 15 is 0 Å². The van der Waals surface area contributed by atoms with Gasteiger partial charge in [-0.2, -0.15) is 0 Å². The van der Waals surface area contributed by atoms with E-state index in [9.17, 15) is 4.79 Å². The predicted octanol–water partition coefficient (Wildman–Crippen LogP) is 4.25. The summed E-state index contributed by atoms with van der Waals surface area (Å²) in [6, 6.07) is 15.7. The number of pyridine rings is 1. The monoisotopic (exact) mass is 373 g/mol. The molecule has 1 amide bonds. The number of fused-ring (bicyclic) bond motifs is 1. The molecule has 1 fully saturated rings. The summed E-state index contributed by atoms with van der Waals surface area (Å²) >= 11 is 0. The SMILES string of the molecule is Cc1noc2nc(-c3ccco3)cc(C(=O)NC3CC3(C)c3ccccc3)c12. The molecule has 0 saturated heterocycles. The molecule has 3 aromatic heterocycles. The highest BCUT2D eigenvalue weighted by molar-refractivity contribution is 6.07. The van der Waals surface area contributed by atoms with Crippen LogP contribution in [0.3, 0.4) is 0 Å². The van der Waals surface area contributed by atoms with Crippen LogP contribution in [0.4, 0.5) is 0 Å². The van der Waals surface area contributed by atoms with Crippen molar-refractivity contribution < 1.29 is 13.7 Å². The Morgan fingerprint density at radius 3 is 2.79 bits per heavy atom. The number of nitrogens with one attached hydrogen (secondary N) is 1. The number of aryl methyl sites for hydroxylation is 1. The number of hydrogen-bond acceptors (Lipinski definition) is 5. The lowest BCUT2D eigenvalue weighted by molar-refractivity contribution is 0.0949. The maximum Gasteiger partial charge on any atom is 0.259 e. The molecule has 6 nitrogen and oxygen atoms in total. The lowest BCUT2D eigenvalue weighted by atomic mass is 9.97. The molecule has 2 atom stereocenters. The first kappa shape index (κ1) is 16.7. The highest BCUT2D eigenvalue weighted by Gasteiger charge is 2.52. The predicted molar refractivity (Wildman–Crippen MR) is 104 cm³/mol. The molecule has 1 saturated carbocycles. The first-order chi connectivity index (χ1) is 13.6. The molecule has 0 radical (unpaired) electrons. The van der Waals surface area contributed by atoms with Crippen LogP contribution in [0.2, 0.25) is 0 Å². The number of carbonyl (C=O) groups excluding carboxylic acids is 1. The van der Waals surface area contributed by atoms with E-state index in [1.54, 1.807) is 24.5 Å². The largest absolute Gasteiger partial charge is 0.463 e. The summed E-state index contributed by atoms with van der Waals surface area (Å²) in [7, 11) is 0. The Balaban J connectivity index is 1.49. The lowest BCUT2D eigenvalue weighted by Gasteiger charge is -2.13. The summed E-state index contributed by atoms with van der Waals surface area (Å²) in [6.45, 7) is 3.98. The van der Waals surface area contributed by atoms with Gasteiger partial charge in [0.05, 0.1) is 22.9 Å². The number of aromatic nitrogens is 2. The highest BCUT2D eigenvalue weighted by atomic mass is 16.5. The van der Waals surface area contributed by atoms with Crippen molar-refractivity contribution in [1.82, 2.24) is 15.5 Å². The van der Waals surface area contributed by atoms with Crippen molar-refractivity contribution in [2.24, 2.45) is 0 Å². The molecular weight excluding hydrogens is 354 g/mol. The summed E-state index contributed by atoms with van der Waals surface area (Å²) in [6.07, 6.45) is 2.48. The molecule has 0 bridgehead atoms. The summed E-state index contributed by atoms with van der Waals surface area (Å²) in [5.74, 6) is 0.418. The topological polar surface area (TPSA) is 81.2 Å². The molecule has 1 N–H and O–H groups in total. The number of amides is 1. The standard InChI is InChI=1S/C22H19N3O3/c1-13-19-15(11-16(17-9-6-10-27-17)23-21(19)28-25-13)20(26)24-18-12-22(18,2)14-7-4-3-5-8-14/h3-11,18H,12H2,1-2H3,(H,24,26). The quantitative estimate of drug-likeness (QED) is 0.578. The van der Waals surface area contributed by atoms with Crippen LogP contribution in [0.25, 0.3) is 22.6 Å². The van der Waals surface area contributed by atoms with E-state index in [0.29, 0.717) is 33.8 Å². The molecule has 28 heavy (non-hydrogen) atoms. The van der Waals surface area contributed by atoms with E-state index in [1.807, 2.05) is 25.1 Å². The van der Waals surface area contributed by atoms with E-state index in [4.69, 9.17) is 8.94 Å². The van der Waals surface area contributed by atoms with Gasteiger partial charge in [-0.25, -0.2) is 4.98 Å². The van der Waals surface area contributed by atoms with Crippen LogP contribution in [0.1, 0.15) is 35.0 Å². The average Bonchev–Trinajstić information content (AvgIpc) is 3.10. The van der Waals surface area contributed by atoms with Crippen molar-refractivity contribution in [1.29, 1.82) is 0 Å². The fourth-order valence-electron chi connectivity index (χ4n) is 3.77. The van der Waals surface area contributed by atoms with Crippen LogP contribution in [-0.2, 0) is 5.41 Å². The first-order valence-electron chi connectivity index (χ1n) is 9.23. The molecule has 1 aromatic carbocycles. The number of carbonyl (C=O) groups is 1. The first-order valence-corrected chi connectivity index (χ1v) is 9.23. The van der Waals surface area contributed by atoms with Gasteiger partial charge in [-0.05, 0) is 37.1 Å². The maximum absolute atomic E-state index is 13.2. The highest BCUT2D eigenvalue weighted by Crippen LogP contribution is 2.48. The molecular formula is C22H19N3O3. The molecule has 2 unspecified atom stereocenters. The molecule has 6 heteroatoms. The third-order valence-corrected chi connectivity index (χ3v) is 5.61. The zero-order valence-electron chi connectivity index (χ0n) is 15.6. The third-order valence-electron chi connectivity index (χ3n) is 5.61. The van der Waals surface area contributed by atoms with Crippen LogP contribution in [-0.4, -0.2) is 22.1 Å². The molecule has 140 valence electrons. The minimum Gasteiger partial charge on any atom is -0.463 e. The van der Waals surface area contributed by atoms with Gasteiger partial charge < -0.3 is 14.3 Å². The molecule has 1 aliphatic rings. The third kappa shape index (κ3) is 2.60. The number of nitrogens with zero attached hydrogens (tertiary/aromatic N) is 2. The second-order valence-electron chi connectivity index (χ2n) is 7.49. The number of furan rings is 1. The molecule has 4 aromatic rings. The Labute approximate surface area is 161 Å². The second kappa shape index (κ2) is 6.05. The van der Waals surface area contributed by atoms with Crippen molar-refractivity contribution in [3.05, 3.63) is 71.6 Å². The number of rotatable bonds is 4. The van der Waals surface area contributed by atoms with Gasteiger partial charge in [0.25, 0.3) is 11.6 Å². The van der Waals surface area contributed by atoms with Gasteiger partial charge >= 0.3 is 0 Å². The summed E-state index contributed by atoms with van der Waals surface area (Å²) in [4.78, 5) is 17.6. The summed E-state index contributed by atoms with van der Waals surface area (Å²) in [5.41, 5.74) is 3.20. The smallest absolute Gasteiger partial charge is 0.259 e. The van der Waals surface area contributed by atoms with Crippen molar-refractivity contribution in [3.63, 3.8) is 0 Å². The Hall–Kier alpha value is -3.41. The zero-order chi connectivity index (χ0) is 19.3. The van der Waals surface area contributed by atoms with Crippen molar-refractivity contribution in [2.75, 3.05) is 0 Å². The summed E-state index contributed by atoms with van der Waals surface area (Å²) in [5, 5.41) is 7.79. The van der Waals surface area contributed by atoms with Gasteiger partial charge in [0.2, 0.25) is 0 Å². The van der Waals surface area contributed by atoms with Gasteiger partial charge in [0, 0.05) is 11.5 Å². The molecule has 3 heterocycles. The molecule has 0 spiro atoms. The Bertz CT molecular complexity index is 1160. The van der Waals surface area contributed by atoms with Crippen molar-refractivity contribution in [2.45, 2.75) is 31.7 Å². The summed E-state index contributed by atoms with van der Waals surface area (Å²) < 4.78 is 10.8.